The molecule has 9 heteroatoms. The third kappa shape index (κ3) is 5.31. The Kier molecular flexibility index (Phi) is 6.60. The molecule has 0 unspecified atom stereocenters. The smallest absolute Gasteiger partial charge is 0.283 e. The van der Waals surface area contributed by atoms with E-state index < -0.39 is 15.9 Å². The van der Waals surface area contributed by atoms with Crippen LogP contribution in [0.4, 0.5) is 5.69 Å². The zero-order chi connectivity index (χ0) is 23.4. The molecule has 0 aliphatic carbocycles. The molecular weight excluding hydrogens is 440 g/mol. The van der Waals surface area contributed by atoms with Crippen LogP contribution in [0.2, 0.25) is 0 Å². The zero-order valence-corrected chi connectivity index (χ0v) is 19.4. The number of carbonyl (C=O) groups excluding carboxylic acids is 1. The second-order valence-corrected chi connectivity index (χ2v) is 9.59. The van der Waals surface area contributed by atoms with Crippen LogP contribution in [0.5, 0.6) is 0 Å². The van der Waals surface area contributed by atoms with E-state index >= 15 is 0 Å². The van der Waals surface area contributed by atoms with E-state index in [1.165, 1.54) is 24.3 Å². The molecule has 0 saturated carbocycles. The van der Waals surface area contributed by atoms with Gasteiger partial charge in [0.15, 0.2) is 5.69 Å². The maximum Gasteiger partial charge on any atom is 0.283 e. The summed E-state index contributed by atoms with van der Waals surface area (Å²) < 4.78 is 35.3. The molecule has 1 aliphatic rings. The van der Waals surface area contributed by atoms with Gasteiger partial charge in [0.25, 0.3) is 15.9 Å². The highest BCUT2D eigenvalue weighted by Gasteiger charge is 2.20. The maximum absolute atomic E-state index is 12.8. The monoisotopic (exact) mass is 466 g/mol. The average molecular weight is 467 g/mol. The fraction of sp³-hybridized carbons (Fsp3) is 0.292. The number of nitrogens with one attached hydrogen (secondary N) is 1. The molecule has 0 atom stereocenters. The van der Waals surface area contributed by atoms with Gasteiger partial charge < -0.3 is 14.6 Å². The van der Waals surface area contributed by atoms with Gasteiger partial charge in [-0.25, -0.2) is 4.98 Å². The number of rotatable bonds is 5. The number of oxazole rings is 1. The summed E-state index contributed by atoms with van der Waals surface area (Å²) >= 11 is 0. The van der Waals surface area contributed by atoms with Crippen LogP contribution >= 0.6 is 0 Å². The molecule has 2 heterocycles. The van der Waals surface area contributed by atoms with Crippen molar-refractivity contribution >= 4 is 27.5 Å². The lowest BCUT2D eigenvalue weighted by molar-refractivity contribution is 0.102. The molecule has 1 aliphatic heterocycles. The van der Waals surface area contributed by atoms with E-state index in [1.54, 1.807) is 6.92 Å². The second kappa shape index (κ2) is 9.58. The minimum Gasteiger partial charge on any atom is -0.441 e. The van der Waals surface area contributed by atoms with Gasteiger partial charge >= 0.3 is 0 Å². The second-order valence-electron chi connectivity index (χ2n) is 7.98. The number of aromatic nitrogens is 1. The van der Waals surface area contributed by atoms with E-state index in [4.69, 9.17) is 4.42 Å². The van der Waals surface area contributed by atoms with Crippen LogP contribution in [-0.2, 0) is 10.0 Å². The van der Waals surface area contributed by atoms with E-state index in [9.17, 15) is 13.2 Å². The van der Waals surface area contributed by atoms with Crippen molar-refractivity contribution in [3.8, 4) is 11.5 Å². The Morgan fingerprint density at radius 2 is 1.79 bits per heavy atom. The highest BCUT2D eigenvalue weighted by atomic mass is 32.2. The predicted octanol–water partition coefficient (Wildman–Crippen LogP) is 4.50. The number of carbonyl (C=O) groups is 1. The van der Waals surface area contributed by atoms with E-state index in [0.717, 1.165) is 31.4 Å². The Bertz CT molecular complexity index is 1270. The summed E-state index contributed by atoms with van der Waals surface area (Å²) in [5, 5.41) is 2.74. The molecule has 1 amide bonds. The van der Waals surface area contributed by atoms with Crippen LogP contribution < -0.4 is 5.32 Å². The minimum absolute atomic E-state index is 0.0784. The quantitative estimate of drug-likeness (QED) is 0.594. The SMILES string of the molecule is Cc1oc(-c2ccccc2)nc1C(=O)Nc1ccc(S(=O)(=O)N=C2CCCCCN2C)cc1. The first-order valence-corrected chi connectivity index (χ1v) is 12.3. The van der Waals surface area contributed by atoms with Gasteiger partial charge in [0.2, 0.25) is 5.89 Å². The summed E-state index contributed by atoms with van der Waals surface area (Å²) in [7, 11) is -1.97. The fourth-order valence-corrected chi connectivity index (χ4v) is 4.74. The van der Waals surface area contributed by atoms with Crippen molar-refractivity contribution in [1.29, 1.82) is 0 Å². The molecular formula is C24H26N4O4S. The number of sulfonamides is 1. The number of hydrogen-bond donors (Lipinski definition) is 1. The van der Waals surface area contributed by atoms with Crippen LogP contribution in [0.3, 0.4) is 0 Å². The third-order valence-corrected chi connectivity index (χ3v) is 6.82. The van der Waals surface area contributed by atoms with Gasteiger partial charge in [0.05, 0.1) is 4.90 Å². The minimum atomic E-state index is -3.83. The summed E-state index contributed by atoms with van der Waals surface area (Å²) in [4.78, 5) is 19.0. The molecule has 4 rings (SSSR count). The van der Waals surface area contributed by atoms with Crippen molar-refractivity contribution in [3.05, 3.63) is 66.1 Å². The molecule has 33 heavy (non-hydrogen) atoms. The Morgan fingerprint density at radius 1 is 1.06 bits per heavy atom. The van der Waals surface area contributed by atoms with Gasteiger partial charge in [-0.2, -0.15) is 8.42 Å². The Morgan fingerprint density at radius 3 is 2.52 bits per heavy atom. The number of likely N-dealkylation sites (tertiary alicyclic amines) is 1. The van der Waals surface area contributed by atoms with Crippen molar-refractivity contribution in [1.82, 2.24) is 9.88 Å². The normalized spacial score (nSPS) is 15.9. The molecule has 3 aromatic rings. The third-order valence-electron chi connectivity index (χ3n) is 5.50. The number of amides is 1. The summed E-state index contributed by atoms with van der Waals surface area (Å²) in [6, 6.07) is 15.3. The molecule has 1 fully saturated rings. The molecule has 0 bridgehead atoms. The lowest BCUT2D eigenvalue weighted by Gasteiger charge is -2.17. The van der Waals surface area contributed by atoms with E-state index in [-0.39, 0.29) is 10.6 Å². The van der Waals surface area contributed by atoms with Gasteiger partial charge in [0.1, 0.15) is 11.6 Å². The van der Waals surface area contributed by atoms with Gasteiger partial charge in [-0.05, 0) is 56.2 Å². The van der Waals surface area contributed by atoms with E-state index in [2.05, 4.69) is 14.7 Å². The molecule has 2 aromatic carbocycles. The first-order valence-electron chi connectivity index (χ1n) is 10.8. The molecule has 1 N–H and O–H groups in total. The van der Waals surface area contributed by atoms with Gasteiger partial charge in [-0.3, -0.25) is 4.79 Å². The van der Waals surface area contributed by atoms with Crippen molar-refractivity contribution in [2.75, 3.05) is 18.9 Å². The molecule has 1 aromatic heterocycles. The van der Waals surface area contributed by atoms with E-state index in [1.807, 2.05) is 42.3 Å². The molecule has 172 valence electrons. The van der Waals surface area contributed by atoms with Gasteiger partial charge in [-0.15, -0.1) is 4.40 Å². The van der Waals surface area contributed by atoms with Crippen LogP contribution in [0, 0.1) is 6.92 Å². The summed E-state index contributed by atoms with van der Waals surface area (Å²) in [5.41, 5.74) is 1.39. The maximum atomic E-state index is 12.8. The highest BCUT2D eigenvalue weighted by Crippen LogP contribution is 2.23. The predicted molar refractivity (Wildman–Crippen MR) is 127 cm³/mol. The molecule has 0 radical (unpaired) electrons. The first kappa shape index (κ1) is 22.7. The topological polar surface area (TPSA) is 105 Å². The summed E-state index contributed by atoms with van der Waals surface area (Å²) in [5.74, 6) is 0.908. The lowest BCUT2D eigenvalue weighted by Crippen LogP contribution is -2.26. The highest BCUT2D eigenvalue weighted by molar-refractivity contribution is 7.90. The van der Waals surface area contributed by atoms with Crippen LogP contribution in [-0.4, -0.2) is 43.6 Å². The number of benzene rings is 2. The number of amidine groups is 1. The van der Waals surface area contributed by atoms with E-state index in [0.29, 0.717) is 29.6 Å². The standard InChI is InChI=1S/C24H26N4O4S/c1-17-22(26-24(32-17)18-9-5-3-6-10-18)23(29)25-19-12-14-20(15-13-19)33(30,31)27-21-11-7-4-8-16-28(21)2/h3,5-6,9-10,12-15H,4,7-8,11,16H2,1-2H3,(H,25,29). The summed E-state index contributed by atoms with van der Waals surface area (Å²) in [6.45, 7) is 2.47. The average Bonchev–Trinajstić information content (AvgIpc) is 3.09. The lowest BCUT2D eigenvalue weighted by atomic mass is 10.2. The van der Waals surface area contributed by atoms with Gasteiger partial charge in [-0.1, -0.05) is 24.6 Å². The number of nitrogens with zero attached hydrogens (tertiary/aromatic N) is 3. The van der Waals surface area contributed by atoms with Crippen molar-refractivity contribution in [3.63, 3.8) is 0 Å². The van der Waals surface area contributed by atoms with Crippen LogP contribution in [0.15, 0.2) is 68.3 Å². The van der Waals surface area contributed by atoms with Gasteiger partial charge in [0, 0.05) is 31.3 Å². The fourth-order valence-electron chi connectivity index (χ4n) is 3.65. The number of anilines is 1. The Balaban J connectivity index is 1.49. The number of aryl methyl sites for hydroxylation is 1. The largest absolute Gasteiger partial charge is 0.441 e. The Labute approximate surface area is 193 Å². The van der Waals surface area contributed by atoms with Crippen molar-refractivity contribution in [2.45, 2.75) is 37.5 Å². The van der Waals surface area contributed by atoms with Crippen molar-refractivity contribution < 1.29 is 17.6 Å². The summed E-state index contributed by atoms with van der Waals surface area (Å²) in [6.07, 6.45) is 3.67. The first-order chi connectivity index (χ1) is 15.8. The molecule has 1 saturated heterocycles. The van der Waals surface area contributed by atoms with Crippen LogP contribution in [0.25, 0.3) is 11.5 Å². The van der Waals surface area contributed by atoms with Crippen molar-refractivity contribution in [2.24, 2.45) is 4.40 Å². The van der Waals surface area contributed by atoms with Crippen LogP contribution in [0.1, 0.15) is 41.9 Å². The Hall–Kier alpha value is -3.46. The zero-order valence-electron chi connectivity index (χ0n) is 18.6. The molecule has 8 nitrogen and oxygen atoms in total. The molecule has 0 spiro atoms. The number of hydrogen-bond acceptors (Lipinski definition) is 5.